The Morgan fingerprint density at radius 3 is 2.58 bits per heavy atom. The van der Waals surface area contributed by atoms with Gasteiger partial charge >= 0.3 is 0 Å². The second-order valence-electron chi connectivity index (χ2n) is 8.20. The lowest BCUT2D eigenvalue weighted by Gasteiger charge is -2.47. The number of piperazine rings is 1. The van der Waals surface area contributed by atoms with E-state index in [1.807, 2.05) is 0 Å². The van der Waals surface area contributed by atoms with Gasteiger partial charge in [-0.25, -0.2) is 0 Å². The highest BCUT2D eigenvalue weighted by Gasteiger charge is 2.39. The van der Waals surface area contributed by atoms with Crippen LogP contribution in [0, 0.1) is 12.3 Å². The molecule has 0 aromatic heterocycles. The van der Waals surface area contributed by atoms with Crippen LogP contribution in [0.15, 0.2) is 24.3 Å². The first-order chi connectivity index (χ1) is 11.8. The molecule has 0 radical (unpaired) electrons. The molecule has 3 nitrogen and oxygen atoms in total. The summed E-state index contributed by atoms with van der Waals surface area (Å²) in [6.07, 6.45) is 8.21. The van der Waals surface area contributed by atoms with E-state index in [0.717, 1.165) is 25.8 Å². The van der Waals surface area contributed by atoms with Crippen molar-refractivity contribution >= 4 is 0 Å². The summed E-state index contributed by atoms with van der Waals surface area (Å²) in [5.74, 6) is 0. The van der Waals surface area contributed by atoms with Gasteiger partial charge in [0.1, 0.15) is 0 Å². The van der Waals surface area contributed by atoms with Crippen LogP contribution in [-0.2, 0) is 4.74 Å². The summed E-state index contributed by atoms with van der Waals surface area (Å²) in [7, 11) is 0. The number of benzene rings is 1. The Kier molecular flexibility index (Phi) is 4.93. The second kappa shape index (κ2) is 7.15. The van der Waals surface area contributed by atoms with Crippen LogP contribution in [0.1, 0.15) is 55.7 Å². The molecule has 1 spiro atoms. The lowest BCUT2D eigenvalue weighted by molar-refractivity contribution is -0.0228. The number of hydrogen-bond acceptors (Lipinski definition) is 3. The molecule has 0 amide bonds. The van der Waals surface area contributed by atoms with Gasteiger partial charge in [0.05, 0.1) is 0 Å². The molecule has 2 aliphatic heterocycles. The zero-order valence-corrected chi connectivity index (χ0v) is 15.1. The molecule has 1 N–H and O–H groups in total. The Bertz CT molecular complexity index is 543. The van der Waals surface area contributed by atoms with Crippen LogP contribution in [0.5, 0.6) is 0 Å². The standard InChI is InChI=1S/C21H32N2O/c1-17-4-2-3-5-19(17)20-16-23(13-12-22-20)18-6-8-21(9-7-18)10-14-24-15-11-21/h2-5,18,20,22H,6-16H2,1H3/t20-/m0/s1. The summed E-state index contributed by atoms with van der Waals surface area (Å²) < 4.78 is 5.60. The third-order valence-electron chi connectivity index (χ3n) is 6.86. The van der Waals surface area contributed by atoms with Crippen LogP contribution < -0.4 is 5.32 Å². The molecule has 3 heteroatoms. The van der Waals surface area contributed by atoms with Gasteiger partial charge in [-0.3, -0.25) is 4.90 Å². The quantitative estimate of drug-likeness (QED) is 0.896. The summed E-state index contributed by atoms with van der Waals surface area (Å²) in [5, 5.41) is 3.74. The van der Waals surface area contributed by atoms with Gasteiger partial charge in [0.2, 0.25) is 0 Å². The maximum absolute atomic E-state index is 5.60. The lowest BCUT2D eigenvalue weighted by Crippen LogP contribution is -2.52. The lowest BCUT2D eigenvalue weighted by atomic mass is 9.67. The van der Waals surface area contributed by atoms with Crippen molar-refractivity contribution in [3.63, 3.8) is 0 Å². The van der Waals surface area contributed by atoms with Gasteiger partial charge in [-0.15, -0.1) is 0 Å². The minimum atomic E-state index is 0.499. The van der Waals surface area contributed by atoms with Gasteiger partial charge in [-0.05, 0) is 62.0 Å². The summed E-state index contributed by atoms with van der Waals surface area (Å²) in [5.41, 5.74) is 3.53. The zero-order chi connectivity index (χ0) is 16.4. The number of hydrogen-bond donors (Lipinski definition) is 1. The number of rotatable bonds is 2. The monoisotopic (exact) mass is 328 g/mol. The van der Waals surface area contributed by atoms with E-state index in [9.17, 15) is 0 Å². The molecular formula is C21H32N2O. The molecule has 1 aromatic rings. The van der Waals surface area contributed by atoms with Crippen molar-refractivity contribution in [1.82, 2.24) is 10.2 Å². The smallest absolute Gasteiger partial charge is 0.0471 e. The predicted octanol–water partition coefficient (Wildman–Crippen LogP) is 3.68. The van der Waals surface area contributed by atoms with Crippen LogP contribution >= 0.6 is 0 Å². The summed E-state index contributed by atoms with van der Waals surface area (Å²) in [6, 6.07) is 10.2. The van der Waals surface area contributed by atoms with Gasteiger partial charge in [0.25, 0.3) is 0 Å². The molecular weight excluding hydrogens is 296 g/mol. The van der Waals surface area contributed by atoms with E-state index in [1.165, 1.54) is 62.7 Å². The first-order valence-electron chi connectivity index (χ1n) is 9.87. The topological polar surface area (TPSA) is 24.5 Å². The predicted molar refractivity (Wildman–Crippen MR) is 98.2 cm³/mol. The fourth-order valence-corrected chi connectivity index (χ4v) is 5.17. The Morgan fingerprint density at radius 2 is 1.83 bits per heavy atom. The third kappa shape index (κ3) is 3.40. The molecule has 24 heavy (non-hydrogen) atoms. The number of aryl methyl sites for hydroxylation is 1. The number of nitrogens with one attached hydrogen (secondary N) is 1. The maximum atomic E-state index is 5.60. The molecule has 1 saturated carbocycles. The largest absolute Gasteiger partial charge is 0.381 e. The summed E-state index contributed by atoms with van der Waals surface area (Å²) in [6.45, 7) is 7.73. The molecule has 0 bridgehead atoms. The Hall–Kier alpha value is -0.900. The van der Waals surface area contributed by atoms with Crippen molar-refractivity contribution in [1.29, 1.82) is 0 Å². The van der Waals surface area contributed by atoms with Crippen LogP contribution in [0.4, 0.5) is 0 Å². The second-order valence-corrected chi connectivity index (χ2v) is 8.20. The average molecular weight is 329 g/mol. The van der Waals surface area contributed by atoms with E-state index in [-0.39, 0.29) is 0 Å². The SMILES string of the molecule is Cc1ccccc1[C@@H]1CN(C2CCC3(CCOCC3)CC2)CCN1. The third-order valence-corrected chi connectivity index (χ3v) is 6.86. The fourth-order valence-electron chi connectivity index (χ4n) is 5.17. The van der Waals surface area contributed by atoms with E-state index >= 15 is 0 Å². The highest BCUT2D eigenvalue weighted by molar-refractivity contribution is 5.29. The van der Waals surface area contributed by atoms with Crippen molar-refractivity contribution in [2.45, 2.75) is 57.5 Å². The zero-order valence-electron chi connectivity index (χ0n) is 15.1. The minimum absolute atomic E-state index is 0.499. The van der Waals surface area contributed by atoms with Gasteiger partial charge in [-0.2, -0.15) is 0 Å². The van der Waals surface area contributed by atoms with E-state index < -0.39 is 0 Å². The first kappa shape index (κ1) is 16.6. The fraction of sp³-hybridized carbons (Fsp3) is 0.714. The summed E-state index contributed by atoms with van der Waals surface area (Å²) >= 11 is 0. The minimum Gasteiger partial charge on any atom is -0.381 e. The van der Waals surface area contributed by atoms with Crippen molar-refractivity contribution in [2.75, 3.05) is 32.8 Å². The highest BCUT2D eigenvalue weighted by atomic mass is 16.5. The van der Waals surface area contributed by atoms with Crippen molar-refractivity contribution in [2.24, 2.45) is 5.41 Å². The van der Waals surface area contributed by atoms with Gasteiger partial charge in [0, 0.05) is 44.9 Å². The van der Waals surface area contributed by atoms with Crippen LogP contribution in [-0.4, -0.2) is 43.8 Å². The van der Waals surface area contributed by atoms with Gasteiger partial charge in [-0.1, -0.05) is 24.3 Å². The molecule has 2 heterocycles. The van der Waals surface area contributed by atoms with Gasteiger partial charge < -0.3 is 10.1 Å². The van der Waals surface area contributed by atoms with E-state index in [1.54, 1.807) is 0 Å². The molecule has 0 unspecified atom stereocenters. The highest BCUT2D eigenvalue weighted by Crippen LogP contribution is 2.45. The average Bonchev–Trinajstić information content (AvgIpc) is 2.64. The van der Waals surface area contributed by atoms with Crippen LogP contribution in [0.25, 0.3) is 0 Å². The van der Waals surface area contributed by atoms with E-state index in [4.69, 9.17) is 4.74 Å². The van der Waals surface area contributed by atoms with Crippen LogP contribution in [0.3, 0.4) is 0 Å². The Morgan fingerprint density at radius 1 is 1.08 bits per heavy atom. The van der Waals surface area contributed by atoms with Crippen molar-refractivity contribution < 1.29 is 4.74 Å². The molecule has 1 aromatic carbocycles. The molecule has 1 aliphatic carbocycles. The molecule has 3 fully saturated rings. The molecule has 3 aliphatic rings. The number of ether oxygens (including phenoxy) is 1. The number of nitrogens with zero attached hydrogens (tertiary/aromatic N) is 1. The molecule has 2 saturated heterocycles. The molecule has 1 atom stereocenters. The Labute approximate surface area is 146 Å². The van der Waals surface area contributed by atoms with Gasteiger partial charge in [0.15, 0.2) is 0 Å². The van der Waals surface area contributed by atoms with E-state index in [0.29, 0.717) is 11.5 Å². The summed E-state index contributed by atoms with van der Waals surface area (Å²) in [4.78, 5) is 2.78. The maximum Gasteiger partial charge on any atom is 0.0471 e. The van der Waals surface area contributed by atoms with Crippen LogP contribution in [0.2, 0.25) is 0 Å². The Balaban J connectivity index is 1.38. The molecule has 4 rings (SSSR count). The van der Waals surface area contributed by atoms with Crippen molar-refractivity contribution in [3.8, 4) is 0 Å². The molecule has 132 valence electrons. The first-order valence-corrected chi connectivity index (χ1v) is 9.87. The normalized spacial score (nSPS) is 29.0. The van der Waals surface area contributed by atoms with E-state index in [2.05, 4.69) is 41.4 Å². The van der Waals surface area contributed by atoms with Crippen molar-refractivity contribution in [3.05, 3.63) is 35.4 Å².